The summed E-state index contributed by atoms with van der Waals surface area (Å²) in [6.45, 7) is 16.1. The van der Waals surface area contributed by atoms with E-state index in [0.29, 0.717) is 0 Å². The summed E-state index contributed by atoms with van der Waals surface area (Å²) in [7, 11) is -0.894. The maximum Gasteiger partial charge on any atom is 0.109 e. The minimum Gasteiger partial charge on any atom is -0.320 e. The van der Waals surface area contributed by atoms with Crippen LogP contribution in [-0.4, -0.2) is 35.2 Å². The lowest BCUT2D eigenvalue weighted by Crippen LogP contribution is -2.60. The van der Waals surface area contributed by atoms with Gasteiger partial charge in [0.25, 0.3) is 0 Å². The van der Waals surface area contributed by atoms with Crippen molar-refractivity contribution in [2.45, 2.75) is 52.2 Å². The quantitative estimate of drug-likeness (QED) is 0.406. The van der Waals surface area contributed by atoms with Crippen molar-refractivity contribution >= 4 is 19.4 Å². The van der Waals surface area contributed by atoms with Crippen LogP contribution in [0.4, 0.5) is 11.4 Å². The van der Waals surface area contributed by atoms with Crippen LogP contribution in [-0.2, 0) is 0 Å². The zero-order chi connectivity index (χ0) is 20.8. The molecule has 0 saturated heterocycles. The second kappa shape index (κ2) is 9.84. The molecule has 0 spiro atoms. The number of rotatable bonds is 10. The molecular weight excluding hydrogens is 363 g/mol. The van der Waals surface area contributed by atoms with Crippen LogP contribution in [0.1, 0.15) is 41.5 Å². The lowest BCUT2D eigenvalue weighted by Gasteiger charge is -2.55. The zero-order valence-corrected chi connectivity index (χ0v) is 19.2. The normalized spacial score (nSPS) is 15.3. The predicted molar refractivity (Wildman–Crippen MR) is 125 cm³/mol. The van der Waals surface area contributed by atoms with Gasteiger partial charge in [-0.25, -0.2) is 0 Å². The van der Waals surface area contributed by atoms with E-state index in [0.717, 1.165) is 19.6 Å². The molecule has 4 nitrogen and oxygen atoms in total. The summed E-state index contributed by atoms with van der Waals surface area (Å²) in [5.41, 5.74) is 9.29. The van der Waals surface area contributed by atoms with Crippen molar-refractivity contribution in [3.63, 3.8) is 0 Å². The summed E-state index contributed by atoms with van der Waals surface area (Å²) in [4.78, 5) is 2.51. The van der Waals surface area contributed by atoms with Crippen LogP contribution in [0, 0.1) is 0 Å². The summed E-state index contributed by atoms with van der Waals surface area (Å²) in [6.07, 6.45) is 0. The van der Waals surface area contributed by atoms with Crippen molar-refractivity contribution < 1.29 is 0 Å². The molecule has 0 aliphatic carbocycles. The molecule has 0 amide bonds. The highest BCUT2D eigenvalue weighted by molar-refractivity contribution is 7.62. The first-order chi connectivity index (χ1) is 13.3. The standard InChI is InChI=1S/C23H37N4P/c1-7-25-23(6,26(8-2)9-3)28(22(4,5)24)27(20-16-12-10-13-17-20)21-18-14-11-15-19-21/h10-19,25H,7-9,24H2,1-6H3. The van der Waals surface area contributed by atoms with Crippen molar-refractivity contribution in [2.24, 2.45) is 5.73 Å². The van der Waals surface area contributed by atoms with Crippen molar-refractivity contribution in [3.05, 3.63) is 60.7 Å². The van der Waals surface area contributed by atoms with E-state index in [1.807, 2.05) is 0 Å². The van der Waals surface area contributed by atoms with E-state index in [1.54, 1.807) is 0 Å². The first-order valence-corrected chi connectivity index (χ1v) is 11.6. The Kier molecular flexibility index (Phi) is 8.03. The smallest absolute Gasteiger partial charge is 0.109 e. The summed E-state index contributed by atoms with van der Waals surface area (Å²) in [5.74, 6) is 0. The summed E-state index contributed by atoms with van der Waals surface area (Å²) in [5, 5.41) is 3.17. The molecular formula is C23H37N4P. The number of nitrogens with zero attached hydrogens (tertiary/aromatic N) is 2. The number of nitrogens with one attached hydrogen (secondary N) is 1. The molecule has 0 aliphatic rings. The van der Waals surface area contributed by atoms with Gasteiger partial charge in [-0.2, -0.15) is 0 Å². The van der Waals surface area contributed by atoms with E-state index in [9.17, 15) is 0 Å². The van der Waals surface area contributed by atoms with Gasteiger partial charge in [0.2, 0.25) is 0 Å². The molecule has 28 heavy (non-hydrogen) atoms. The molecule has 0 aromatic heterocycles. The molecule has 0 radical (unpaired) electrons. The number of benzene rings is 2. The molecule has 3 N–H and O–H groups in total. The topological polar surface area (TPSA) is 44.5 Å². The summed E-state index contributed by atoms with van der Waals surface area (Å²) >= 11 is 0. The van der Waals surface area contributed by atoms with Gasteiger partial charge >= 0.3 is 0 Å². The number of anilines is 2. The Labute approximate surface area is 172 Å². The molecule has 0 bridgehead atoms. The molecule has 154 valence electrons. The van der Waals surface area contributed by atoms with E-state index >= 15 is 0 Å². The van der Waals surface area contributed by atoms with Gasteiger partial charge in [0.1, 0.15) is 5.40 Å². The lowest BCUT2D eigenvalue weighted by molar-refractivity contribution is 0.160. The molecule has 0 heterocycles. The maximum absolute atomic E-state index is 6.94. The molecule has 2 unspecified atom stereocenters. The zero-order valence-electron chi connectivity index (χ0n) is 18.3. The van der Waals surface area contributed by atoms with E-state index in [1.165, 1.54) is 11.4 Å². The molecule has 0 saturated carbocycles. The third kappa shape index (κ3) is 4.93. The van der Waals surface area contributed by atoms with Crippen LogP contribution < -0.4 is 15.7 Å². The van der Waals surface area contributed by atoms with Crippen LogP contribution >= 0.6 is 8.07 Å². The van der Waals surface area contributed by atoms with Gasteiger partial charge in [0.15, 0.2) is 0 Å². The predicted octanol–water partition coefficient (Wildman–Crippen LogP) is 5.54. The Morgan fingerprint density at radius 2 is 1.25 bits per heavy atom. The third-order valence-corrected chi connectivity index (χ3v) is 8.27. The Morgan fingerprint density at radius 1 is 0.821 bits per heavy atom. The van der Waals surface area contributed by atoms with E-state index in [4.69, 9.17) is 5.73 Å². The number of hydrogen-bond donors (Lipinski definition) is 2. The fourth-order valence-corrected chi connectivity index (χ4v) is 7.64. The maximum atomic E-state index is 6.94. The fraction of sp³-hybridized carbons (Fsp3) is 0.478. The first-order valence-electron chi connectivity index (χ1n) is 10.3. The monoisotopic (exact) mass is 400 g/mol. The molecule has 5 heteroatoms. The fourth-order valence-electron chi connectivity index (χ4n) is 4.03. The Morgan fingerprint density at radius 3 is 1.57 bits per heavy atom. The van der Waals surface area contributed by atoms with Gasteiger partial charge in [0.05, 0.1) is 13.4 Å². The Hall–Kier alpha value is -1.45. The first kappa shape index (κ1) is 22.8. The average Bonchev–Trinajstić information content (AvgIpc) is 2.67. The van der Waals surface area contributed by atoms with Gasteiger partial charge in [0, 0.05) is 11.4 Å². The SMILES string of the molecule is CCNC(C)(N(CC)CC)P(N(c1ccccc1)c1ccccc1)C(C)(C)N. The van der Waals surface area contributed by atoms with Gasteiger partial charge in [-0.15, -0.1) is 0 Å². The van der Waals surface area contributed by atoms with E-state index in [2.05, 4.69) is 117 Å². The van der Waals surface area contributed by atoms with E-state index < -0.39 is 13.4 Å². The van der Waals surface area contributed by atoms with Crippen LogP contribution in [0.2, 0.25) is 0 Å². The largest absolute Gasteiger partial charge is 0.320 e. The number of para-hydroxylation sites is 2. The van der Waals surface area contributed by atoms with Crippen LogP contribution in [0.3, 0.4) is 0 Å². The van der Waals surface area contributed by atoms with Crippen LogP contribution in [0.5, 0.6) is 0 Å². The van der Waals surface area contributed by atoms with Crippen LogP contribution in [0.25, 0.3) is 0 Å². The van der Waals surface area contributed by atoms with Crippen molar-refractivity contribution in [1.82, 2.24) is 10.2 Å². The molecule has 2 aromatic carbocycles. The molecule has 0 aliphatic heterocycles. The van der Waals surface area contributed by atoms with Gasteiger partial charge in [-0.1, -0.05) is 57.2 Å². The summed E-state index contributed by atoms with van der Waals surface area (Å²) in [6, 6.07) is 21.3. The third-order valence-electron chi connectivity index (χ3n) is 5.05. The molecule has 2 atom stereocenters. The molecule has 2 rings (SSSR count). The highest BCUT2D eigenvalue weighted by Crippen LogP contribution is 2.63. The minimum absolute atomic E-state index is 0.252. The van der Waals surface area contributed by atoms with Gasteiger partial charge in [-0.3, -0.25) is 10.2 Å². The Balaban J connectivity index is 2.74. The van der Waals surface area contributed by atoms with Crippen LogP contribution in [0.15, 0.2) is 60.7 Å². The van der Waals surface area contributed by atoms with Crippen molar-refractivity contribution in [1.29, 1.82) is 0 Å². The minimum atomic E-state index is -0.894. The Bertz CT molecular complexity index is 658. The second-order valence-corrected chi connectivity index (χ2v) is 10.7. The number of hydrogen-bond acceptors (Lipinski definition) is 4. The summed E-state index contributed by atoms with van der Waals surface area (Å²) < 4.78 is 2.47. The van der Waals surface area contributed by atoms with Gasteiger partial charge < -0.3 is 10.4 Å². The lowest BCUT2D eigenvalue weighted by atomic mass is 10.3. The van der Waals surface area contributed by atoms with Crippen molar-refractivity contribution in [3.8, 4) is 0 Å². The molecule has 0 fully saturated rings. The highest BCUT2D eigenvalue weighted by atomic mass is 31.1. The van der Waals surface area contributed by atoms with Gasteiger partial charge in [-0.05, 0) is 64.7 Å². The van der Waals surface area contributed by atoms with Crippen molar-refractivity contribution in [2.75, 3.05) is 24.3 Å². The van der Waals surface area contributed by atoms with E-state index in [-0.39, 0.29) is 5.40 Å². The second-order valence-electron chi connectivity index (χ2n) is 7.67. The number of nitrogens with two attached hydrogens (primary N) is 1. The average molecular weight is 401 g/mol. The molecule has 2 aromatic rings. The highest BCUT2D eigenvalue weighted by Gasteiger charge is 2.48.